The Hall–Kier alpha value is -1.35. The summed E-state index contributed by atoms with van der Waals surface area (Å²) in [4.78, 5) is 2.20. The molecule has 3 nitrogen and oxygen atoms in total. The number of nitrogens with zero attached hydrogens (tertiary/aromatic N) is 1. The van der Waals surface area contributed by atoms with Crippen LogP contribution in [0.25, 0.3) is 0 Å². The molecule has 0 aliphatic heterocycles. The molecule has 0 amide bonds. The maximum absolute atomic E-state index is 7.39. The van der Waals surface area contributed by atoms with Gasteiger partial charge in [-0.25, -0.2) is 0 Å². The van der Waals surface area contributed by atoms with Crippen molar-refractivity contribution in [1.82, 2.24) is 4.90 Å². The molecule has 0 fully saturated rings. The highest BCUT2D eigenvalue weighted by Crippen LogP contribution is 2.12. The van der Waals surface area contributed by atoms with Gasteiger partial charge in [-0.3, -0.25) is 5.41 Å². The number of amidine groups is 1. The molecule has 94 valence electrons. The van der Waals surface area contributed by atoms with Crippen molar-refractivity contribution in [2.24, 2.45) is 11.7 Å². The van der Waals surface area contributed by atoms with Gasteiger partial charge in [0.05, 0.1) is 5.84 Å². The van der Waals surface area contributed by atoms with E-state index >= 15 is 0 Å². The number of nitrogens with two attached hydrogens (primary N) is 1. The molecule has 0 aliphatic rings. The van der Waals surface area contributed by atoms with E-state index < -0.39 is 0 Å². The minimum absolute atomic E-state index is 0.117. The van der Waals surface area contributed by atoms with Crippen LogP contribution in [0, 0.1) is 25.2 Å². The van der Waals surface area contributed by atoms with Crippen molar-refractivity contribution < 1.29 is 0 Å². The molecule has 3 heteroatoms. The van der Waals surface area contributed by atoms with Crippen LogP contribution in [-0.4, -0.2) is 24.3 Å². The van der Waals surface area contributed by atoms with Crippen molar-refractivity contribution in [2.75, 3.05) is 13.6 Å². The van der Waals surface area contributed by atoms with Gasteiger partial charge < -0.3 is 10.6 Å². The average Bonchev–Trinajstić information content (AvgIpc) is 2.23. The largest absolute Gasteiger partial charge is 0.387 e. The lowest BCUT2D eigenvalue weighted by Crippen LogP contribution is -2.31. The van der Waals surface area contributed by atoms with E-state index in [0.29, 0.717) is 0 Å². The summed E-state index contributed by atoms with van der Waals surface area (Å²) in [5.74, 6) is 0.378. The monoisotopic (exact) mass is 233 g/mol. The van der Waals surface area contributed by atoms with Gasteiger partial charge in [-0.05, 0) is 37.6 Å². The van der Waals surface area contributed by atoms with Crippen LogP contribution in [0.4, 0.5) is 0 Å². The van der Waals surface area contributed by atoms with E-state index in [1.165, 1.54) is 16.7 Å². The first kappa shape index (κ1) is 13.7. The number of hydrogen-bond donors (Lipinski definition) is 2. The number of nitrogens with one attached hydrogen (secondary N) is 1. The molecule has 0 spiro atoms. The first-order valence-electron chi connectivity index (χ1n) is 5.98. The highest BCUT2D eigenvalue weighted by Gasteiger charge is 2.09. The molecule has 17 heavy (non-hydrogen) atoms. The summed E-state index contributed by atoms with van der Waals surface area (Å²) in [6, 6.07) is 6.55. The third kappa shape index (κ3) is 4.19. The van der Waals surface area contributed by atoms with Crippen LogP contribution < -0.4 is 5.73 Å². The average molecular weight is 233 g/mol. The second-order valence-corrected chi connectivity index (χ2v) is 4.97. The Balaban J connectivity index is 2.58. The summed E-state index contributed by atoms with van der Waals surface area (Å²) in [6.07, 6.45) is 0. The van der Waals surface area contributed by atoms with E-state index in [4.69, 9.17) is 11.1 Å². The van der Waals surface area contributed by atoms with Gasteiger partial charge in [-0.15, -0.1) is 0 Å². The van der Waals surface area contributed by atoms with Crippen molar-refractivity contribution in [3.8, 4) is 0 Å². The van der Waals surface area contributed by atoms with Gasteiger partial charge in [-0.2, -0.15) is 0 Å². The third-order valence-electron chi connectivity index (χ3n) is 3.14. The molecule has 1 aromatic carbocycles. The van der Waals surface area contributed by atoms with Crippen LogP contribution in [-0.2, 0) is 6.54 Å². The van der Waals surface area contributed by atoms with Gasteiger partial charge in [0.2, 0.25) is 0 Å². The molecule has 1 aromatic rings. The summed E-state index contributed by atoms with van der Waals surface area (Å²) in [5.41, 5.74) is 9.45. The van der Waals surface area contributed by atoms with E-state index in [-0.39, 0.29) is 11.8 Å². The van der Waals surface area contributed by atoms with E-state index in [1.54, 1.807) is 0 Å². The molecule has 0 aliphatic carbocycles. The van der Waals surface area contributed by atoms with Gasteiger partial charge in [0.1, 0.15) is 0 Å². The van der Waals surface area contributed by atoms with E-state index in [9.17, 15) is 0 Å². The second-order valence-electron chi connectivity index (χ2n) is 4.97. The fraction of sp³-hybridized carbons (Fsp3) is 0.500. The summed E-state index contributed by atoms with van der Waals surface area (Å²) in [5, 5.41) is 7.39. The first-order valence-corrected chi connectivity index (χ1v) is 5.98. The number of hydrogen-bond acceptors (Lipinski definition) is 2. The SMILES string of the molecule is Cc1ccc(CN(C)CC(C)C(=N)N)cc1C. The van der Waals surface area contributed by atoms with Crippen LogP contribution in [0.2, 0.25) is 0 Å². The Bertz CT molecular complexity index is 398. The molecule has 1 atom stereocenters. The predicted molar refractivity (Wildman–Crippen MR) is 73.3 cm³/mol. The molecule has 0 saturated heterocycles. The van der Waals surface area contributed by atoms with Crippen molar-refractivity contribution in [3.05, 3.63) is 34.9 Å². The van der Waals surface area contributed by atoms with Gasteiger partial charge in [-0.1, -0.05) is 25.1 Å². The minimum Gasteiger partial charge on any atom is -0.387 e. The summed E-state index contributed by atoms with van der Waals surface area (Å²) >= 11 is 0. The van der Waals surface area contributed by atoms with Crippen LogP contribution in [0.3, 0.4) is 0 Å². The maximum Gasteiger partial charge on any atom is 0.0947 e. The first-order chi connectivity index (χ1) is 7.90. The molecule has 1 unspecified atom stereocenters. The van der Waals surface area contributed by atoms with Crippen molar-refractivity contribution in [1.29, 1.82) is 5.41 Å². The minimum atomic E-state index is 0.117. The van der Waals surface area contributed by atoms with Crippen LogP contribution in [0.1, 0.15) is 23.6 Å². The summed E-state index contributed by atoms with van der Waals surface area (Å²) in [6.45, 7) is 7.97. The van der Waals surface area contributed by atoms with Crippen LogP contribution in [0.5, 0.6) is 0 Å². The summed E-state index contributed by atoms with van der Waals surface area (Å²) in [7, 11) is 2.06. The lowest BCUT2D eigenvalue weighted by molar-refractivity contribution is 0.306. The summed E-state index contributed by atoms with van der Waals surface area (Å²) < 4.78 is 0. The van der Waals surface area contributed by atoms with Gasteiger partial charge in [0.15, 0.2) is 0 Å². The zero-order chi connectivity index (χ0) is 13.0. The van der Waals surface area contributed by atoms with Crippen molar-refractivity contribution in [2.45, 2.75) is 27.3 Å². The van der Waals surface area contributed by atoms with Gasteiger partial charge in [0.25, 0.3) is 0 Å². The normalized spacial score (nSPS) is 12.8. The van der Waals surface area contributed by atoms with Crippen molar-refractivity contribution in [3.63, 3.8) is 0 Å². The number of rotatable bonds is 5. The molecule has 3 N–H and O–H groups in total. The zero-order valence-corrected chi connectivity index (χ0v) is 11.2. The van der Waals surface area contributed by atoms with Crippen molar-refractivity contribution >= 4 is 5.84 Å². The smallest absolute Gasteiger partial charge is 0.0947 e. The van der Waals surface area contributed by atoms with Crippen LogP contribution >= 0.6 is 0 Å². The standard InChI is InChI=1S/C14H23N3/c1-10-5-6-13(7-11(10)2)9-17(4)8-12(3)14(15)16/h5-7,12H,8-9H2,1-4H3,(H3,15,16). The molecule has 1 rings (SSSR count). The quantitative estimate of drug-likeness (QED) is 0.605. The molecule has 0 saturated carbocycles. The second kappa shape index (κ2) is 5.82. The van der Waals surface area contributed by atoms with E-state index in [0.717, 1.165) is 13.1 Å². The van der Waals surface area contributed by atoms with Gasteiger partial charge >= 0.3 is 0 Å². The maximum atomic E-state index is 7.39. The predicted octanol–water partition coefficient (Wildman–Crippen LogP) is 2.31. The van der Waals surface area contributed by atoms with Gasteiger partial charge in [0, 0.05) is 19.0 Å². The number of aryl methyl sites for hydroxylation is 2. The Morgan fingerprint density at radius 1 is 1.35 bits per heavy atom. The highest BCUT2D eigenvalue weighted by atomic mass is 15.1. The number of benzene rings is 1. The Labute approximate surface area is 104 Å². The molecule has 0 aromatic heterocycles. The topological polar surface area (TPSA) is 53.1 Å². The third-order valence-corrected chi connectivity index (χ3v) is 3.14. The molecule has 0 heterocycles. The molecular weight excluding hydrogens is 210 g/mol. The highest BCUT2D eigenvalue weighted by molar-refractivity contribution is 5.79. The molecular formula is C14H23N3. The zero-order valence-electron chi connectivity index (χ0n) is 11.2. The Kier molecular flexibility index (Phi) is 4.70. The van der Waals surface area contributed by atoms with E-state index in [1.807, 2.05) is 6.92 Å². The lowest BCUT2D eigenvalue weighted by atomic mass is 10.1. The lowest BCUT2D eigenvalue weighted by Gasteiger charge is -2.21. The van der Waals surface area contributed by atoms with Crippen LogP contribution in [0.15, 0.2) is 18.2 Å². The molecule has 0 radical (unpaired) electrons. The fourth-order valence-corrected chi connectivity index (χ4v) is 1.84. The molecule has 0 bridgehead atoms. The Morgan fingerprint density at radius 2 is 2.00 bits per heavy atom. The fourth-order valence-electron chi connectivity index (χ4n) is 1.84. The Morgan fingerprint density at radius 3 is 2.53 bits per heavy atom. The van der Waals surface area contributed by atoms with E-state index in [2.05, 4.69) is 44.0 Å².